The van der Waals surface area contributed by atoms with E-state index >= 15 is 0 Å². The van der Waals surface area contributed by atoms with Gasteiger partial charge in [0, 0.05) is 22.9 Å². The average Bonchev–Trinajstić information content (AvgIpc) is 2.52. The predicted octanol–water partition coefficient (Wildman–Crippen LogP) is 1.79. The summed E-state index contributed by atoms with van der Waals surface area (Å²) in [5, 5.41) is 7.96. The van der Waals surface area contributed by atoms with Gasteiger partial charge < -0.3 is 16.0 Å². The Labute approximate surface area is 143 Å². The number of benzene rings is 1. The second-order valence-corrected chi connectivity index (χ2v) is 6.75. The Hall–Kier alpha value is -1.73. The summed E-state index contributed by atoms with van der Waals surface area (Å²) in [6.45, 7) is 2.45. The van der Waals surface area contributed by atoms with Gasteiger partial charge in [-0.05, 0) is 24.6 Å². The number of amides is 3. The van der Waals surface area contributed by atoms with Gasteiger partial charge >= 0.3 is 0 Å². The fourth-order valence-corrected chi connectivity index (χ4v) is 3.27. The summed E-state index contributed by atoms with van der Waals surface area (Å²) in [5.74, 6) is -0.807. The molecule has 0 spiro atoms. The van der Waals surface area contributed by atoms with Crippen molar-refractivity contribution < 1.29 is 14.4 Å². The van der Waals surface area contributed by atoms with Crippen LogP contribution >= 0.6 is 23.4 Å². The first-order valence-electron chi connectivity index (χ1n) is 7.30. The van der Waals surface area contributed by atoms with Crippen molar-refractivity contribution >= 4 is 46.8 Å². The molecule has 3 amide bonds. The molecule has 0 aromatic heterocycles. The van der Waals surface area contributed by atoms with Gasteiger partial charge in [-0.1, -0.05) is 18.5 Å². The van der Waals surface area contributed by atoms with Crippen LogP contribution in [0, 0.1) is 0 Å². The maximum atomic E-state index is 12.0. The molecule has 3 N–H and O–H groups in total. The number of fused-ring (bicyclic) bond motifs is 1. The molecule has 1 unspecified atom stereocenters. The fraction of sp³-hybridized carbons (Fsp3) is 0.400. The van der Waals surface area contributed by atoms with Crippen molar-refractivity contribution in [3.05, 3.63) is 23.2 Å². The normalized spacial score (nSPS) is 16.3. The highest BCUT2D eigenvalue weighted by molar-refractivity contribution is 8.01. The third-order valence-corrected chi connectivity index (χ3v) is 4.66. The number of hydrogen-bond acceptors (Lipinski definition) is 4. The molecule has 8 heteroatoms. The first-order valence-corrected chi connectivity index (χ1v) is 8.56. The minimum atomic E-state index is -0.526. The Morgan fingerprint density at radius 1 is 1.30 bits per heavy atom. The van der Waals surface area contributed by atoms with E-state index in [1.807, 2.05) is 13.0 Å². The van der Waals surface area contributed by atoms with Gasteiger partial charge in [-0.15, -0.1) is 11.8 Å². The Balaban J connectivity index is 1.85. The Morgan fingerprint density at radius 2 is 2.09 bits per heavy atom. The summed E-state index contributed by atoms with van der Waals surface area (Å²) in [6, 6.07) is 5.22. The molecule has 1 aliphatic rings. The molecule has 0 radical (unpaired) electrons. The van der Waals surface area contributed by atoms with Crippen molar-refractivity contribution in [2.24, 2.45) is 0 Å². The highest BCUT2D eigenvalue weighted by atomic mass is 35.5. The predicted molar refractivity (Wildman–Crippen MR) is 90.7 cm³/mol. The standard InChI is InChI=1S/C15H18ClN3O3S/c1-2-5-17-14(21)8-18-13(20)7-12-15(22)19-10-6-9(16)3-4-11(10)23-12/h3-4,6,12H,2,5,7-8H2,1H3,(H,17,21)(H,18,20)(H,19,22). The van der Waals surface area contributed by atoms with Crippen molar-refractivity contribution in [3.63, 3.8) is 0 Å². The lowest BCUT2D eigenvalue weighted by Gasteiger charge is -2.23. The number of carbonyl (C=O) groups is 3. The lowest BCUT2D eigenvalue weighted by atomic mass is 10.2. The monoisotopic (exact) mass is 355 g/mol. The van der Waals surface area contributed by atoms with Crippen molar-refractivity contribution in [2.75, 3.05) is 18.4 Å². The minimum absolute atomic E-state index is 0.0135. The first kappa shape index (κ1) is 17.6. The fourth-order valence-electron chi connectivity index (χ4n) is 2.00. The van der Waals surface area contributed by atoms with Gasteiger partial charge in [-0.25, -0.2) is 0 Å². The molecule has 1 aliphatic heterocycles. The van der Waals surface area contributed by atoms with Crippen LogP contribution in [0.25, 0.3) is 0 Å². The maximum Gasteiger partial charge on any atom is 0.239 e. The molecule has 124 valence electrons. The maximum absolute atomic E-state index is 12.0. The van der Waals surface area contributed by atoms with E-state index in [9.17, 15) is 14.4 Å². The van der Waals surface area contributed by atoms with Crippen LogP contribution < -0.4 is 16.0 Å². The van der Waals surface area contributed by atoms with Crippen LogP contribution in [0.3, 0.4) is 0 Å². The zero-order valence-electron chi connectivity index (χ0n) is 12.6. The van der Waals surface area contributed by atoms with Crippen molar-refractivity contribution in [1.82, 2.24) is 10.6 Å². The highest BCUT2D eigenvalue weighted by Gasteiger charge is 2.29. The van der Waals surface area contributed by atoms with E-state index in [-0.39, 0.29) is 30.7 Å². The van der Waals surface area contributed by atoms with E-state index < -0.39 is 5.25 Å². The van der Waals surface area contributed by atoms with Gasteiger partial charge in [-0.3, -0.25) is 14.4 Å². The molecule has 2 rings (SSSR count). The third kappa shape index (κ3) is 5.14. The van der Waals surface area contributed by atoms with E-state index in [0.29, 0.717) is 17.3 Å². The molecule has 0 saturated heterocycles. The molecule has 0 bridgehead atoms. The molecule has 1 atom stereocenters. The number of halogens is 1. The SMILES string of the molecule is CCCNC(=O)CNC(=O)CC1Sc2ccc(Cl)cc2NC1=O. The van der Waals surface area contributed by atoms with E-state index in [4.69, 9.17) is 11.6 Å². The summed E-state index contributed by atoms with van der Waals surface area (Å²) in [6.07, 6.45) is 0.849. The molecule has 23 heavy (non-hydrogen) atoms. The molecule has 0 aliphatic carbocycles. The number of rotatable bonds is 6. The number of hydrogen-bond donors (Lipinski definition) is 3. The molecular weight excluding hydrogens is 338 g/mol. The van der Waals surface area contributed by atoms with E-state index in [0.717, 1.165) is 11.3 Å². The molecule has 0 fully saturated rings. The molecular formula is C15H18ClN3O3S. The summed E-state index contributed by atoms with van der Waals surface area (Å²) in [5.41, 5.74) is 0.656. The van der Waals surface area contributed by atoms with Crippen LogP contribution in [0.4, 0.5) is 5.69 Å². The molecule has 6 nitrogen and oxygen atoms in total. The van der Waals surface area contributed by atoms with Gasteiger partial charge in [0.2, 0.25) is 17.7 Å². The Kier molecular flexibility index (Phi) is 6.29. The molecule has 0 saturated carbocycles. The highest BCUT2D eigenvalue weighted by Crippen LogP contribution is 2.38. The lowest BCUT2D eigenvalue weighted by Crippen LogP contribution is -2.40. The van der Waals surface area contributed by atoms with E-state index in [2.05, 4.69) is 16.0 Å². The first-order chi connectivity index (χ1) is 11.0. The van der Waals surface area contributed by atoms with Crippen molar-refractivity contribution in [3.8, 4) is 0 Å². The van der Waals surface area contributed by atoms with Gasteiger partial charge in [-0.2, -0.15) is 0 Å². The van der Waals surface area contributed by atoms with Crippen LogP contribution in [-0.4, -0.2) is 36.1 Å². The summed E-state index contributed by atoms with van der Waals surface area (Å²) >= 11 is 7.21. The van der Waals surface area contributed by atoms with Crippen LogP contribution in [0.1, 0.15) is 19.8 Å². The van der Waals surface area contributed by atoms with Crippen LogP contribution in [0.2, 0.25) is 5.02 Å². The lowest BCUT2D eigenvalue weighted by molar-refractivity contribution is -0.127. The zero-order valence-corrected chi connectivity index (χ0v) is 14.2. The quantitative estimate of drug-likeness (QED) is 0.726. The molecule has 1 heterocycles. The number of carbonyl (C=O) groups excluding carboxylic acids is 3. The smallest absolute Gasteiger partial charge is 0.239 e. The average molecular weight is 356 g/mol. The van der Waals surface area contributed by atoms with E-state index in [1.54, 1.807) is 12.1 Å². The van der Waals surface area contributed by atoms with E-state index in [1.165, 1.54) is 11.8 Å². The summed E-state index contributed by atoms with van der Waals surface area (Å²) < 4.78 is 0. The third-order valence-electron chi connectivity index (χ3n) is 3.15. The Morgan fingerprint density at radius 3 is 2.83 bits per heavy atom. The summed E-state index contributed by atoms with van der Waals surface area (Å²) in [7, 11) is 0. The van der Waals surface area contributed by atoms with Gasteiger partial charge in [0.05, 0.1) is 17.5 Å². The molecule has 1 aromatic carbocycles. The van der Waals surface area contributed by atoms with Gasteiger partial charge in [0.25, 0.3) is 0 Å². The number of nitrogens with one attached hydrogen (secondary N) is 3. The minimum Gasteiger partial charge on any atom is -0.355 e. The van der Waals surface area contributed by atoms with Gasteiger partial charge in [0.1, 0.15) is 0 Å². The number of thioether (sulfide) groups is 1. The molecule has 1 aromatic rings. The van der Waals surface area contributed by atoms with Crippen LogP contribution in [-0.2, 0) is 14.4 Å². The van der Waals surface area contributed by atoms with Gasteiger partial charge in [0.15, 0.2) is 0 Å². The topological polar surface area (TPSA) is 87.3 Å². The Bertz CT molecular complexity index is 624. The van der Waals surface area contributed by atoms with Crippen LogP contribution in [0.15, 0.2) is 23.1 Å². The second kappa shape index (κ2) is 8.21. The van der Waals surface area contributed by atoms with Crippen molar-refractivity contribution in [1.29, 1.82) is 0 Å². The van der Waals surface area contributed by atoms with Crippen molar-refractivity contribution in [2.45, 2.75) is 29.9 Å². The summed E-state index contributed by atoms with van der Waals surface area (Å²) in [4.78, 5) is 36.2. The van der Waals surface area contributed by atoms with Crippen LogP contribution in [0.5, 0.6) is 0 Å². The largest absolute Gasteiger partial charge is 0.355 e. The number of anilines is 1. The zero-order chi connectivity index (χ0) is 16.8. The second-order valence-electron chi connectivity index (χ2n) is 5.07.